The maximum absolute atomic E-state index is 2.66. The first kappa shape index (κ1) is 45.9. The van der Waals surface area contributed by atoms with Crippen molar-refractivity contribution in [2.45, 2.75) is 85.5 Å². The van der Waals surface area contributed by atoms with E-state index in [1.807, 2.05) is 0 Å². The van der Waals surface area contributed by atoms with Gasteiger partial charge in [-0.25, -0.2) is 0 Å². The minimum Gasteiger partial charge on any atom is -0.311 e. The molecule has 0 unspecified atom stereocenters. The molecule has 0 aliphatic carbocycles. The number of anilines is 6. The van der Waals surface area contributed by atoms with Crippen LogP contribution in [0.4, 0.5) is 34.1 Å². The number of fused-ring (bicyclic) bond motifs is 4. The molecule has 0 saturated heterocycles. The van der Waals surface area contributed by atoms with Crippen LogP contribution in [-0.4, -0.2) is 6.71 Å². The Balaban J connectivity index is 1.14. The number of nitrogens with zero attached hydrogens (tertiary/aromatic N) is 2. The first-order valence-electron chi connectivity index (χ1n) is 26.6. The van der Waals surface area contributed by atoms with E-state index < -0.39 is 0 Å². The van der Waals surface area contributed by atoms with Crippen molar-refractivity contribution in [3.05, 3.63) is 222 Å². The van der Waals surface area contributed by atoms with E-state index in [1.165, 1.54) is 138 Å². The molecular formula is C71H63BN2. The normalized spacial score (nSPS) is 13.5. The Morgan fingerprint density at radius 3 is 1.58 bits per heavy atom. The zero-order valence-corrected chi connectivity index (χ0v) is 44.5. The monoisotopic (exact) mass is 955 g/mol. The molecular weight excluding hydrogens is 892 g/mol. The van der Waals surface area contributed by atoms with Gasteiger partial charge in [0.15, 0.2) is 0 Å². The molecule has 360 valence electrons. The smallest absolute Gasteiger partial charge is 0.252 e. The zero-order chi connectivity index (χ0) is 51.0. The Kier molecular flexibility index (Phi) is 10.3. The summed E-state index contributed by atoms with van der Waals surface area (Å²) in [5.74, 6) is 0. The van der Waals surface area contributed by atoms with Crippen LogP contribution in [0.15, 0.2) is 200 Å². The molecule has 11 aromatic carbocycles. The van der Waals surface area contributed by atoms with E-state index in [4.69, 9.17) is 0 Å². The Hall–Kier alpha value is -7.88. The summed E-state index contributed by atoms with van der Waals surface area (Å²) in [5.41, 5.74) is 23.5. The SMILES string of the molecule is Cc1ccc2c(c1)B1c3cc(-c4cccc(-c5ccccc5)c4)ccc3N(c3ccc(C(C)(C)C)cc3-c3ccc4ccc5cccc6ccc3c4c56)c3cc(C(C)(C)C)cc(c31)N2c1ccc(C(C)(C)C)cc1. The molecule has 74 heavy (non-hydrogen) atoms. The van der Waals surface area contributed by atoms with Crippen LogP contribution in [-0.2, 0) is 16.2 Å². The number of aryl methyl sites for hydroxylation is 1. The van der Waals surface area contributed by atoms with E-state index in [2.05, 4.69) is 279 Å². The molecule has 0 aromatic heterocycles. The molecule has 0 bridgehead atoms. The summed E-state index contributed by atoms with van der Waals surface area (Å²) in [7, 11) is 0. The van der Waals surface area contributed by atoms with Crippen molar-refractivity contribution < 1.29 is 0 Å². The van der Waals surface area contributed by atoms with Gasteiger partial charge in [0.2, 0.25) is 0 Å². The van der Waals surface area contributed by atoms with Crippen molar-refractivity contribution in [1.82, 2.24) is 0 Å². The third-order valence-electron chi connectivity index (χ3n) is 16.3. The van der Waals surface area contributed by atoms with E-state index in [0.717, 1.165) is 0 Å². The highest BCUT2D eigenvalue weighted by molar-refractivity contribution is 7.00. The molecule has 0 atom stereocenters. The van der Waals surface area contributed by atoms with Crippen molar-refractivity contribution in [2.24, 2.45) is 0 Å². The van der Waals surface area contributed by atoms with E-state index in [9.17, 15) is 0 Å². The van der Waals surface area contributed by atoms with Gasteiger partial charge in [-0.05, 0) is 171 Å². The van der Waals surface area contributed by atoms with Gasteiger partial charge in [-0.1, -0.05) is 213 Å². The number of benzene rings is 11. The zero-order valence-electron chi connectivity index (χ0n) is 44.5. The van der Waals surface area contributed by atoms with Crippen molar-refractivity contribution in [3.8, 4) is 33.4 Å². The summed E-state index contributed by atoms with van der Waals surface area (Å²) in [6, 6.07) is 76.9. The number of hydrogen-bond donors (Lipinski definition) is 0. The molecule has 0 saturated carbocycles. The molecule has 11 aromatic rings. The maximum atomic E-state index is 2.66. The van der Waals surface area contributed by atoms with Crippen molar-refractivity contribution in [3.63, 3.8) is 0 Å². The molecule has 0 fully saturated rings. The van der Waals surface area contributed by atoms with Crippen LogP contribution < -0.4 is 26.2 Å². The quantitative estimate of drug-likeness (QED) is 0.125. The molecule has 0 amide bonds. The lowest BCUT2D eigenvalue weighted by Gasteiger charge is -2.45. The minimum absolute atomic E-state index is 0.0311. The Bertz CT molecular complexity index is 4010. The first-order valence-corrected chi connectivity index (χ1v) is 26.6. The molecule has 0 spiro atoms. The highest BCUT2D eigenvalue weighted by Gasteiger charge is 2.45. The lowest BCUT2D eigenvalue weighted by Crippen LogP contribution is -2.61. The lowest BCUT2D eigenvalue weighted by atomic mass is 9.33. The van der Waals surface area contributed by atoms with Gasteiger partial charge in [0.05, 0.1) is 5.69 Å². The van der Waals surface area contributed by atoms with Gasteiger partial charge in [-0.2, -0.15) is 0 Å². The topological polar surface area (TPSA) is 6.48 Å². The summed E-state index contributed by atoms with van der Waals surface area (Å²) in [6.45, 7) is 23.3. The van der Waals surface area contributed by atoms with E-state index in [1.54, 1.807) is 0 Å². The molecule has 13 rings (SSSR count). The Morgan fingerprint density at radius 2 is 0.878 bits per heavy atom. The summed E-state index contributed by atoms with van der Waals surface area (Å²) < 4.78 is 0. The highest BCUT2D eigenvalue weighted by atomic mass is 15.2. The third kappa shape index (κ3) is 7.38. The average Bonchev–Trinajstić information content (AvgIpc) is 3.39. The second-order valence-electron chi connectivity index (χ2n) is 24.3. The molecule has 0 radical (unpaired) electrons. The van der Waals surface area contributed by atoms with Crippen LogP contribution >= 0.6 is 0 Å². The van der Waals surface area contributed by atoms with Gasteiger partial charge in [0.1, 0.15) is 0 Å². The van der Waals surface area contributed by atoms with E-state index in [-0.39, 0.29) is 23.0 Å². The second-order valence-corrected chi connectivity index (χ2v) is 24.3. The van der Waals surface area contributed by atoms with Crippen LogP contribution in [0.3, 0.4) is 0 Å². The van der Waals surface area contributed by atoms with Crippen molar-refractivity contribution in [1.29, 1.82) is 0 Å². The van der Waals surface area contributed by atoms with Gasteiger partial charge in [0.25, 0.3) is 6.71 Å². The standard InChI is InChI=1S/C71H63BN2/c1-44-22-35-62-59(38-44)72-60-40-51(50-21-15-20-49(39-50)45-16-12-11-13-17-45)27-36-63(60)74(65-43-54(71(8,9)10)42-64(68(65)72)73(62)55-31-28-52(29-32-55)69(2,3)4)61-37-30-53(70(5,6)7)41-58(61)56-33-25-48-24-23-46-18-14-19-47-26-34-57(56)67(48)66(46)47/h11-43H,1-10H3. The van der Waals surface area contributed by atoms with Crippen LogP contribution in [0.25, 0.3) is 65.7 Å². The van der Waals surface area contributed by atoms with Gasteiger partial charge in [-0.15, -0.1) is 0 Å². The number of rotatable bonds is 5. The Morgan fingerprint density at radius 1 is 0.338 bits per heavy atom. The van der Waals surface area contributed by atoms with Crippen molar-refractivity contribution in [2.75, 3.05) is 9.80 Å². The average molecular weight is 955 g/mol. The number of hydrogen-bond acceptors (Lipinski definition) is 2. The Labute approximate surface area is 438 Å². The first-order chi connectivity index (χ1) is 35.5. The van der Waals surface area contributed by atoms with E-state index >= 15 is 0 Å². The molecule has 0 N–H and O–H groups in total. The van der Waals surface area contributed by atoms with Crippen LogP contribution in [0.5, 0.6) is 0 Å². The van der Waals surface area contributed by atoms with Gasteiger partial charge < -0.3 is 9.80 Å². The van der Waals surface area contributed by atoms with Crippen LogP contribution in [0, 0.1) is 6.92 Å². The molecule has 2 aliphatic rings. The van der Waals surface area contributed by atoms with Gasteiger partial charge >= 0.3 is 0 Å². The highest BCUT2D eigenvalue weighted by Crippen LogP contribution is 2.51. The predicted octanol–water partition coefficient (Wildman–Crippen LogP) is 17.9. The van der Waals surface area contributed by atoms with Gasteiger partial charge in [-0.3, -0.25) is 0 Å². The summed E-state index contributed by atoms with van der Waals surface area (Å²) >= 11 is 0. The molecule has 3 heteroatoms. The van der Waals surface area contributed by atoms with Crippen molar-refractivity contribution >= 4 is 89.5 Å². The summed E-state index contributed by atoms with van der Waals surface area (Å²) in [4.78, 5) is 5.23. The summed E-state index contributed by atoms with van der Waals surface area (Å²) in [5, 5.41) is 7.78. The molecule has 2 heterocycles. The van der Waals surface area contributed by atoms with Crippen LogP contribution in [0.1, 0.15) is 84.6 Å². The van der Waals surface area contributed by atoms with E-state index in [0.29, 0.717) is 0 Å². The summed E-state index contributed by atoms with van der Waals surface area (Å²) in [6.07, 6.45) is 0. The molecule has 2 nitrogen and oxygen atoms in total. The largest absolute Gasteiger partial charge is 0.311 e. The maximum Gasteiger partial charge on any atom is 0.252 e. The third-order valence-corrected chi connectivity index (χ3v) is 16.3. The van der Waals surface area contributed by atoms with Crippen LogP contribution in [0.2, 0.25) is 0 Å². The fraction of sp³-hybridized carbons (Fsp3) is 0.183. The predicted molar refractivity (Wildman–Crippen MR) is 321 cm³/mol. The lowest BCUT2D eigenvalue weighted by molar-refractivity contribution is 0.590. The fourth-order valence-electron chi connectivity index (χ4n) is 12.3. The minimum atomic E-state index is -0.152. The molecule has 2 aliphatic heterocycles. The van der Waals surface area contributed by atoms with Gasteiger partial charge in [0, 0.05) is 34.0 Å². The fourth-order valence-corrected chi connectivity index (χ4v) is 12.3. The second kappa shape index (κ2) is 16.6.